The van der Waals surface area contributed by atoms with Gasteiger partial charge in [-0.15, -0.1) is 0 Å². The molecule has 5 heteroatoms. The molecule has 3 rings (SSSR count). The van der Waals surface area contributed by atoms with Gasteiger partial charge in [-0.1, -0.05) is 6.07 Å². The van der Waals surface area contributed by atoms with E-state index in [4.69, 9.17) is 4.74 Å². The summed E-state index contributed by atoms with van der Waals surface area (Å²) in [6, 6.07) is 4.44. The molecule has 4 nitrogen and oxygen atoms in total. The Hall–Kier alpha value is -1.75. The van der Waals surface area contributed by atoms with Crippen molar-refractivity contribution in [2.75, 3.05) is 6.61 Å². The minimum absolute atomic E-state index is 0.0549. The largest absolute Gasteiger partial charge is 0.376 e. The Morgan fingerprint density at radius 3 is 3.11 bits per heavy atom. The molecule has 0 saturated carbocycles. The summed E-state index contributed by atoms with van der Waals surface area (Å²) < 4.78 is 20.6. The molecule has 1 aliphatic heterocycles. The standard InChI is InChI=1S/C14H15FN2O2/c15-12-6-3-5-11-13(12)16-9-17(14(11)18)8-10-4-1-2-7-19-10/h3,5-6,9-10H,1-2,4,7-8H2/t10-/m1/s1. The number of hydrogen-bond donors (Lipinski definition) is 0. The first-order valence-corrected chi connectivity index (χ1v) is 6.51. The number of ether oxygens (including phenoxy) is 1. The van der Waals surface area contributed by atoms with Crippen LogP contribution in [-0.2, 0) is 11.3 Å². The Morgan fingerprint density at radius 2 is 2.32 bits per heavy atom. The highest BCUT2D eigenvalue weighted by Crippen LogP contribution is 2.15. The molecule has 0 N–H and O–H groups in total. The molecule has 0 unspecified atom stereocenters. The zero-order chi connectivity index (χ0) is 13.2. The number of rotatable bonds is 2. The van der Waals surface area contributed by atoms with Gasteiger partial charge in [0.15, 0.2) is 0 Å². The van der Waals surface area contributed by atoms with Crippen LogP contribution in [0.15, 0.2) is 29.3 Å². The zero-order valence-electron chi connectivity index (χ0n) is 10.5. The molecular weight excluding hydrogens is 247 g/mol. The molecular formula is C14H15FN2O2. The lowest BCUT2D eigenvalue weighted by atomic mass is 10.1. The summed E-state index contributed by atoms with van der Waals surface area (Å²) in [5, 5.41) is 0.318. The van der Waals surface area contributed by atoms with Gasteiger partial charge < -0.3 is 4.74 Å². The van der Waals surface area contributed by atoms with Crippen LogP contribution in [0.1, 0.15) is 19.3 Å². The minimum Gasteiger partial charge on any atom is -0.376 e. The molecule has 1 fully saturated rings. The Morgan fingerprint density at radius 1 is 1.42 bits per heavy atom. The van der Waals surface area contributed by atoms with E-state index in [1.54, 1.807) is 6.07 Å². The molecule has 0 radical (unpaired) electrons. The first kappa shape index (κ1) is 12.3. The third-order valence-corrected chi connectivity index (χ3v) is 3.48. The van der Waals surface area contributed by atoms with Gasteiger partial charge in [-0.3, -0.25) is 9.36 Å². The molecule has 1 aromatic carbocycles. The van der Waals surface area contributed by atoms with Gasteiger partial charge in [-0.25, -0.2) is 9.37 Å². The Balaban J connectivity index is 1.96. The number of benzene rings is 1. The van der Waals surface area contributed by atoms with Crippen molar-refractivity contribution in [2.45, 2.75) is 31.9 Å². The molecule has 0 spiro atoms. The van der Waals surface area contributed by atoms with Crippen molar-refractivity contribution in [3.63, 3.8) is 0 Å². The van der Waals surface area contributed by atoms with Gasteiger partial charge in [0.25, 0.3) is 5.56 Å². The summed E-state index contributed by atoms with van der Waals surface area (Å²) in [7, 11) is 0. The Kier molecular flexibility index (Phi) is 3.29. The van der Waals surface area contributed by atoms with E-state index in [2.05, 4.69) is 4.98 Å². The second kappa shape index (κ2) is 5.09. The second-order valence-corrected chi connectivity index (χ2v) is 4.83. The van der Waals surface area contributed by atoms with Crippen LogP contribution in [0.4, 0.5) is 4.39 Å². The third kappa shape index (κ3) is 2.38. The molecule has 2 heterocycles. The number of aromatic nitrogens is 2. The maximum atomic E-state index is 13.5. The fraction of sp³-hybridized carbons (Fsp3) is 0.429. The molecule has 100 valence electrons. The van der Waals surface area contributed by atoms with Gasteiger partial charge in [-0.2, -0.15) is 0 Å². The molecule has 2 aromatic rings. The molecule has 0 bridgehead atoms. The van der Waals surface area contributed by atoms with E-state index in [1.807, 2.05) is 0 Å². The quantitative estimate of drug-likeness (QED) is 0.832. The minimum atomic E-state index is -0.462. The predicted molar refractivity (Wildman–Crippen MR) is 69.6 cm³/mol. The van der Waals surface area contributed by atoms with Crippen molar-refractivity contribution in [3.05, 3.63) is 40.7 Å². The van der Waals surface area contributed by atoms with Crippen LogP contribution in [0.25, 0.3) is 10.9 Å². The van der Waals surface area contributed by atoms with Crippen LogP contribution in [-0.4, -0.2) is 22.3 Å². The lowest BCUT2D eigenvalue weighted by Crippen LogP contribution is -2.30. The molecule has 1 aliphatic rings. The van der Waals surface area contributed by atoms with Gasteiger partial charge in [0.05, 0.1) is 24.4 Å². The van der Waals surface area contributed by atoms with E-state index >= 15 is 0 Å². The normalized spacial score (nSPS) is 19.7. The number of halogens is 1. The summed E-state index contributed by atoms with van der Waals surface area (Å²) in [4.78, 5) is 16.3. The van der Waals surface area contributed by atoms with Crippen LogP contribution in [0.2, 0.25) is 0 Å². The smallest absolute Gasteiger partial charge is 0.261 e. The van der Waals surface area contributed by atoms with E-state index in [1.165, 1.54) is 23.0 Å². The van der Waals surface area contributed by atoms with Crippen LogP contribution < -0.4 is 5.56 Å². The SMILES string of the molecule is O=c1c2cccc(F)c2ncn1C[C@H]1CCCCO1. The van der Waals surface area contributed by atoms with Gasteiger partial charge in [-0.05, 0) is 31.4 Å². The van der Waals surface area contributed by atoms with Crippen molar-refractivity contribution >= 4 is 10.9 Å². The number of hydrogen-bond acceptors (Lipinski definition) is 3. The molecule has 0 amide bonds. The van der Waals surface area contributed by atoms with Crippen LogP contribution in [0.3, 0.4) is 0 Å². The van der Waals surface area contributed by atoms with Crippen LogP contribution >= 0.6 is 0 Å². The number of nitrogens with zero attached hydrogens (tertiary/aromatic N) is 2. The number of fused-ring (bicyclic) bond motifs is 1. The van der Waals surface area contributed by atoms with E-state index in [-0.39, 0.29) is 17.2 Å². The maximum Gasteiger partial charge on any atom is 0.261 e. The first-order chi connectivity index (χ1) is 9.25. The van der Waals surface area contributed by atoms with Gasteiger partial charge >= 0.3 is 0 Å². The summed E-state index contributed by atoms with van der Waals surface area (Å²) in [5.74, 6) is -0.462. The zero-order valence-corrected chi connectivity index (χ0v) is 10.5. The van der Waals surface area contributed by atoms with E-state index in [9.17, 15) is 9.18 Å². The summed E-state index contributed by atoms with van der Waals surface area (Å²) in [5.41, 5.74) is -0.0769. The first-order valence-electron chi connectivity index (χ1n) is 6.51. The van der Waals surface area contributed by atoms with Gasteiger partial charge in [0.1, 0.15) is 11.3 Å². The molecule has 1 saturated heterocycles. The fourth-order valence-electron chi connectivity index (χ4n) is 2.45. The topological polar surface area (TPSA) is 44.1 Å². The highest BCUT2D eigenvalue weighted by atomic mass is 19.1. The predicted octanol–water partition coefficient (Wildman–Crippen LogP) is 2.10. The van der Waals surface area contributed by atoms with Crippen LogP contribution in [0, 0.1) is 5.82 Å². The van der Waals surface area contributed by atoms with Crippen molar-refractivity contribution in [1.82, 2.24) is 9.55 Å². The highest BCUT2D eigenvalue weighted by Gasteiger charge is 2.16. The summed E-state index contributed by atoms with van der Waals surface area (Å²) in [6.45, 7) is 1.23. The van der Waals surface area contributed by atoms with Crippen molar-refractivity contribution < 1.29 is 9.13 Å². The van der Waals surface area contributed by atoms with E-state index in [0.29, 0.717) is 11.9 Å². The monoisotopic (exact) mass is 262 g/mol. The lowest BCUT2D eigenvalue weighted by molar-refractivity contribution is 0.00535. The number of para-hydroxylation sites is 1. The van der Waals surface area contributed by atoms with Gasteiger partial charge in [0, 0.05) is 6.61 Å². The second-order valence-electron chi connectivity index (χ2n) is 4.83. The summed E-state index contributed by atoms with van der Waals surface area (Å²) in [6.07, 6.45) is 4.61. The highest BCUT2D eigenvalue weighted by molar-refractivity contribution is 5.77. The van der Waals surface area contributed by atoms with E-state index in [0.717, 1.165) is 25.9 Å². The lowest BCUT2D eigenvalue weighted by Gasteiger charge is -2.23. The average Bonchev–Trinajstić information content (AvgIpc) is 2.44. The third-order valence-electron chi connectivity index (χ3n) is 3.48. The Bertz CT molecular complexity index is 647. The van der Waals surface area contributed by atoms with Crippen molar-refractivity contribution in [1.29, 1.82) is 0 Å². The van der Waals surface area contributed by atoms with Crippen molar-refractivity contribution in [3.8, 4) is 0 Å². The molecule has 0 aliphatic carbocycles. The molecule has 1 atom stereocenters. The van der Waals surface area contributed by atoms with Crippen molar-refractivity contribution in [2.24, 2.45) is 0 Å². The maximum absolute atomic E-state index is 13.5. The average molecular weight is 262 g/mol. The Labute approximate surface area is 109 Å². The van der Waals surface area contributed by atoms with Gasteiger partial charge in [0.2, 0.25) is 0 Å². The molecule has 19 heavy (non-hydrogen) atoms. The summed E-state index contributed by atoms with van der Waals surface area (Å²) >= 11 is 0. The van der Waals surface area contributed by atoms with Crippen LogP contribution in [0.5, 0.6) is 0 Å². The fourth-order valence-corrected chi connectivity index (χ4v) is 2.45. The van der Waals surface area contributed by atoms with E-state index < -0.39 is 5.82 Å². The molecule has 1 aromatic heterocycles.